The molecule has 4 heterocycles. The first-order chi connectivity index (χ1) is 20.4. The van der Waals surface area contributed by atoms with Gasteiger partial charge in [0, 0.05) is 36.5 Å². The Hall–Kier alpha value is -4.28. The van der Waals surface area contributed by atoms with Gasteiger partial charge in [-0.05, 0) is 100 Å². The van der Waals surface area contributed by atoms with Crippen LogP contribution in [0.15, 0.2) is 48.5 Å². The minimum absolute atomic E-state index is 0.206. The van der Waals surface area contributed by atoms with Crippen LogP contribution in [0.3, 0.4) is 0 Å². The van der Waals surface area contributed by atoms with Crippen molar-refractivity contribution in [3.05, 3.63) is 82.4 Å². The Balaban J connectivity index is 1.23. The molecule has 10 heteroatoms. The molecule has 2 aliphatic rings. The molecule has 0 spiro atoms. The number of rotatable bonds is 7. The first kappa shape index (κ1) is 27.9. The van der Waals surface area contributed by atoms with Gasteiger partial charge in [0.25, 0.3) is 11.8 Å². The molecule has 0 bridgehead atoms. The zero-order valence-corrected chi connectivity index (χ0v) is 24.6. The van der Waals surface area contributed by atoms with Crippen molar-refractivity contribution in [2.45, 2.75) is 64.7 Å². The molecule has 2 amide bonds. The Bertz CT molecular complexity index is 1530. The topological polar surface area (TPSA) is 118 Å². The normalized spacial score (nSPS) is 17.8. The van der Waals surface area contributed by atoms with Crippen molar-refractivity contribution in [3.63, 3.8) is 0 Å². The molecule has 0 unspecified atom stereocenters. The number of nitrogens with zero attached hydrogens (tertiary/aromatic N) is 4. The molecule has 10 nitrogen and oxygen atoms in total. The van der Waals surface area contributed by atoms with Gasteiger partial charge in [0.2, 0.25) is 0 Å². The van der Waals surface area contributed by atoms with Crippen LogP contribution in [-0.2, 0) is 13.1 Å². The summed E-state index contributed by atoms with van der Waals surface area (Å²) in [6, 6.07) is 15.9. The number of carbonyl (C=O) groups excluding carboxylic acids is 2. The van der Waals surface area contributed by atoms with E-state index in [1.54, 1.807) is 0 Å². The van der Waals surface area contributed by atoms with Gasteiger partial charge in [-0.25, -0.2) is 0 Å². The number of hydrogen-bond donors (Lipinski definition) is 4. The van der Waals surface area contributed by atoms with Crippen molar-refractivity contribution < 1.29 is 9.59 Å². The highest BCUT2D eigenvalue weighted by molar-refractivity contribution is 6.05. The zero-order chi connectivity index (χ0) is 29.4. The van der Waals surface area contributed by atoms with E-state index < -0.39 is 0 Å². The Labute approximate surface area is 245 Å². The van der Waals surface area contributed by atoms with Gasteiger partial charge in [0.05, 0.1) is 11.4 Å². The maximum Gasteiger partial charge on any atom is 0.276 e. The van der Waals surface area contributed by atoms with Gasteiger partial charge < -0.3 is 21.3 Å². The SMILES string of the molecule is CN[C@H]1CCCn2nc(C(=O)Nc3cccc(-c4cccc(NC(=O)c5cc6n(n5)CCC[C@@H]6NC)c4C)c3C)cc21. The number of hydrogen-bond acceptors (Lipinski definition) is 6. The quantitative estimate of drug-likeness (QED) is 0.251. The fourth-order valence-electron chi connectivity index (χ4n) is 6.27. The zero-order valence-electron chi connectivity index (χ0n) is 24.6. The second-order valence-electron chi connectivity index (χ2n) is 11.2. The lowest BCUT2D eigenvalue weighted by Crippen LogP contribution is -2.24. The van der Waals surface area contributed by atoms with Crippen molar-refractivity contribution >= 4 is 23.2 Å². The third-order valence-corrected chi connectivity index (χ3v) is 8.68. The van der Waals surface area contributed by atoms with Crippen LogP contribution in [0, 0.1) is 13.8 Å². The van der Waals surface area contributed by atoms with Gasteiger partial charge in [0.15, 0.2) is 11.4 Å². The Kier molecular flexibility index (Phi) is 7.66. The summed E-state index contributed by atoms with van der Waals surface area (Å²) in [4.78, 5) is 26.5. The first-order valence-electron chi connectivity index (χ1n) is 14.7. The van der Waals surface area contributed by atoms with E-state index in [9.17, 15) is 9.59 Å². The summed E-state index contributed by atoms with van der Waals surface area (Å²) in [6.07, 6.45) is 4.12. The Morgan fingerprint density at radius 1 is 0.714 bits per heavy atom. The summed E-state index contributed by atoms with van der Waals surface area (Å²) in [5.41, 5.74) is 8.22. The van der Waals surface area contributed by atoms with Crippen molar-refractivity contribution in [1.29, 1.82) is 0 Å². The van der Waals surface area contributed by atoms with Crippen LogP contribution in [0.4, 0.5) is 11.4 Å². The van der Waals surface area contributed by atoms with E-state index in [0.717, 1.165) is 83.8 Å². The summed E-state index contributed by atoms with van der Waals surface area (Å²) in [5, 5.41) is 21.9. The molecule has 0 saturated carbocycles. The van der Waals surface area contributed by atoms with E-state index in [4.69, 9.17) is 0 Å². The number of aromatic nitrogens is 4. The fourth-order valence-corrected chi connectivity index (χ4v) is 6.27. The van der Waals surface area contributed by atoms with E-state index in [0.29, 0.717) is 11.4 Å². The number of carbonyl (C=O) groups is 2. The van der Waals surface area contributed by atoms with Gasteiger partial charge in [-0.2, -0.15) is 10.2 Å². The molecule has 4 aromatic rings. The Morgan fingerprint density at radius 3 is 1.55 bits per heavy atom. The lowest BCUT2D eigenvalue weighted by Gasteiger charge is -2.22. The van der Waals surface area contributed by atoms with Gasteiger partial charge in [-0.3, -0.25) is 19.0 Å². The molecule has 2 atom stereocenters. The van der Waals surface area contributed by atoms with Gasteiger partial charge >= 0.3 is 0 Å². The molecule has 42 heavy (non-hydrogen) atoms. The molecule has 0 fully saturated rings. The van der Waals surface area contributed by atoms with Gasteiger partial charge in [-0.1, -0.05) is 24.3 Å². The summed E-state index contributed by atoms with van der Waals surface area (Å²) in [5.74, 6) is -0.457. The lowest BCUT2D eigenvalue weighted by atomic mass is 9.94. The monoisotopic (exact) mass is 566 g/mol. The highest BCUT2D eigenvalue weighted by atomic mass is 16.2. The summed E-state index contributed by atoms with van der Waals surface area (Å²) in [6.45, 7) is 5.64. The highest BCUT2D eigenvalue weighted by Gasteiger charge is 2.25. The molecule has 2 aromatic carbocycles. The van der Waals surface area contributed by atoms with E-state index in [-0.39, 0.29) is 23.9 Å². The smallest absolute Gasteiger partial charge is 0.276 e. The third kappa shape index (κ3) is 5.12. The molecule has 0 aliphatic carbocycles. The first-order valence-corrected chi connectivity index (χ1v) is 14.7. The van der Waals surface area contributed by atoms with E-state index in [1.807, 2.05) is 85.8 Å². The number of fused-ring (bicyclic) bond motifs is 2. The molecule has 2 aliphatic heterocycles. The van der Waals surface area contributed by atoms with Crippen LogP contribution in [0.25, 0.3) is 11.1 Å². The van der Waals surface area contributed by atoms with Gasteiger partial charge in [0.1, 0.15) is 0 Å². The second-order valence-corrected chi connectivity index (χ2v) is 11.2. The van der Waals surface area contributed by atoms with Crippen LogP contribution >= 0.6 is 0 Å². The van der Waals surface area contributed by atoms with Crippen LogP contribution in [0.2, 0.25) is 0 Å². The Morgan fingerprint density at radius 2 is 1.14 bits per heavy atom. The van der Waals surface area contributed by atoms with E-state index >= 15 is 0 Å². The molecule has 0 saturated heterocycles. The minimum Gasteiger partial charge on any atom is -0.320 e. The minimum atomic E-state index is -0.229. The van der Waals surface area contributed by atoms with E-state index in [2.05, 4.69) is 31.5 Å². The molecule has 218 valence electrons. The number of benzene rings is 2. The number of amides is 2. The lowest BCUT2D eigenvalue weighted by molar-refractivity contribution is 0.101. The third-order valence-electron chi connectivity index (χ3n) is 8.68. The highest BCUT2D eigenvalue weighted by Crippen LogP contribution is 2.34. The van der Waals surface area contributed by atoms with Crippen molar-refractivity contribution in [1.82, 2.24) is 30.2 Å². The summed E-state index contributed by atoms with van der Waals surface area (Å²) in [7, 11) is 3.88. The standard InChI is InChI=1S/C32H38N8O2/c1-19-21(9-5-11-23(19)35-31(41)27-17-29-25(33-3)13-7-15-39(29)37-27)22-10-6-12-24(20(22)2)36-32(42)28-18-30-26(34-4)14-8-16-40(30)38-28/h5-6,9-12,17-18,25-26,33-34H,7-8,13-16H2,1-4H3,(H,35,41)(H,36,42)/t25-,26-/m0/s1. The van der Waals surface area contributed by atoms with Crippen LogP contribution in [0.5, 0.6) is 0 Å². The molecule has 6 rings (SSSR count). The molecular formula is C32H38N8O2. The van der Waals surface area contributed by atoms with Crippen molar-refractivity contribution in [2.75, 3.05) is 24.7 Å². The van der Waals surface area contributed by atoms with Crippen LogP contribution < -0.4 is 21.3 Å². The van der Waals surface area contributed by atoms with Crippen LogP contribution in [-0.4, -0.2) is 45.5 Å². The predicted molar refractivity (Wildman–Crippen MR) is 164 cm³/mol. The van der Waals surface area contributed by atoms with Crippen LogP contribution in [0.1, 0.15) is 81.3 Å². The predicted octanol–water partition coefficient (Wildman–Crippen LogP) is 4.98. The fraction of sp³-hybridized carbons (Fsp3) is 0.375. The summed E-state index contributed by atoms with van der Waals surface area (Å²) < 4.78 is 3.87. The number of nitrogens with one attached hydrogen (secondary N) is 4. The van der Waals surface area contributed by atoms with Crippen molar-refractivity contribution in [3.8, 4) is 11.1 Å². The van der Waals surface area contributed by atoms with Gasteiger partial charge in [-0.15, -0.1) is 0 Å². The average molecular weight is 567 g/mol. The number of aryl methyl sites for hydroxylation is 2. The van der Waals surface area contributed by atoms with E-state index in [1.165, 1.54) is 0 Å². The maximum absolute atomic E-state index is 13.3. The largest absolute Gasteiger partial charge is 0.320 e. The average Bonchev–Trinajstić information content (AvgIpc) is 3.64. The molecular weight excluding hydrogens is 528 g/mol. The second kappa shape index (κ2) is 11.5. The molecule has 4 N–H and O–H groups in total. The number of anilines is 2. The maximum atomic E-state index is 13.3. The van der Waals surface area contributed by atoms with Crippen molar-refractivity contribution in [2.24, 2.45) is 0 Å². The molecule has 0 radical (unpaired) electrons. The molecule has 2 aromatic heterocycles. The summed E-state index contributed by atoms with van der Waals surface area (Å²) >= 11 is 0.